The first-order valence-electron chi connectivity index (χ1n) is 5.95. The monoisotopic (exact) mass is 268 g/mol. The first kappa shape index (κ1) is 13.0. The fourth-order valence-corrected chi connectivity index (χ4v) is 1.84. The first-order valence-corrected chi connectivity index (χ1v) is 6.33. The highest BCUT2D eigenvalue weighted by atomic mass is 35.5. The summed E-state index contributed by atoms with van der Waals surface area (Å²) in [6, 6.07) is 5.76. The molecule has 0 amide bonds. The third-order valence-corrected chi connectivity index (χ3v) is 2.92. The largest absolute Gasteiger partial charge is 0.490 e. The minimum atomic E-state index is 0.0161. The molecule has 1 heterocycles. The molecule has 0 radical (unpaired) electrons. The lowest BCUT2D eigenvalue weighted by molar-refractivity contribution is 0.0868. The van der Waals surface area contributed by atoms with Gasteiger partial charge in [0.15, 0.2) is 5.17 Å². The van der Waals surface area contributed by atoms with Crippen molar-refractivity contribution in [2.45, 2.75) is 20.0 Å². The van der Waals surface area contributed by atoms with Crippen molar-refractivity contribution in [1.29, 1.82) is 0 Å². The Bertz CT molecular complexity index is 460. The second-order valence-electron chi connectivity index (χ2n) is 4.49. The van der Waals surface area contributed by atoms with Gasteiger partial charge in [-0.3, -0.25) is 0 Å². The minimum Gasteiger partial charge on any atom is -0.490 e. The molecule has 0 atom stereocenters. The molecule has 0 aliphatic carbocycles. The van der Waals surface area contributed by atoms with Gasteiger partial charge in [-0.1, -0.05) is 16.8 Å². The summed E-state index contributed by atoms with van der Waals surface area (Å²) in [5.41, 5.74) is 1.85. The average molecular weight is 269 g/mol. The highest BCUT2D eigenvalue weighted by molar-refractivity contribution is 6.69. The maximum absolute atomic E-state index is 6.11. The van der Waals surface area contributed by atoms with E-state index in [0.29, 0.717) is 11.8 Å². The van der Waals surface area contributed by atoms with Crippen LogP contribution in [0.2, 0.25) is 0 Å². The van der Waals surface area contributed by atoms with Gasteiger partial charge < -0.3 is 14.5 Å². The number of hydrogen-bond acceptors (Lipinski definition) is 4. The molecule has 2 rings (SSSR count). The maximum atomic E-state index is 6.11. The highest BCUT2D eigenvalue weighted by Gasteiger charge is 2.16. The van der Waals surface area contributed by atoms with Crippen LogP contribution in [-0.2, 0) is 4.84 Å². The summed E-state index contributed by atoms with van der Waals surface area (Å²) in [6.45, 7) is 5.39. The fourth-order valence-electron chi connectivity index (χ4n) is 1.68. The number of anilines is 1. The van der Waals surface area contributed by atoms with E-state index in [-0.39, 0.29) is 6.10 Å². The molecule has 98 valence electrons. The standard InChI is InChI=1S/C13H17ClN2O2/c1-9(2)18-15-13(14)10-4-5-12-11(8-10)16(3)6-7-17-12/h4-5,8-9H,6-7H2,1-3H3. The zero-order valence-corrected chi connectivity index (χ0v) is 11.6. The van der Waals surface area contributed by atoms with Gasteiger partial charge in [0.1, 0.15) is 18.5 Å². The third-order valence-electron chi connectivity index (χ3n) is 2.64. The molecular formula is C13H17ClN2O2. The van der Waals surface area contributed by atoms with Gasteiger partial charge in [0.05, 0.1) is 12.2 Å². The predicted octanol–water partition coefficient (Wildman–Crippen LogP) is 2.84. The summed E-state index contributed by atoms with van der Waals surface area (Å²) in [6.07, 6.45) is 0.0161. The zero-order chi connectivity index (χ0) is 13.1. The van der Waals surface area contributed by atoms with Gasteiger partial charge in [0.2, 0.25) is 0 Å². The van der Waals surface area contributed by atoms with E-state index in [1.165, 1.54) is 0 Å². The van der Waals surface area contributed by atoms with Gasteiger partial charge in [-0.25, -0.2) is 0 Å². The predicted molar refractivity (Wildman–Crippen MR) is 73.8 cm³/mol. The molecule has 0 fully saturated rings. The Kier molecular flexibility index (Phi) is 3.97. The molecule has 0 N–H and O–H groups in total. The number of benzene rings is 1. The lowest BCUT2D eigenvalue weighted by atomic mass is 10.1. The molecule has 0 unspecified atom stereocenters. The molecule has 4 nitrogen and oxygen atoms in total. The number of likely N-dealkylation sites (N-methyl/N-ethyl adjacent to an activating group) is 1. The Morgan fingerprint density at radius 2 is 2.28 bits per heavy atom. The summed E-state index contributed by atoms with van der Waals surface area (Å²) >= 11 is 6.11. The van der Waals surface area contributed by atoms with Crippen LogP contribution in [0.4, 0.5) is 5.69 Å². The molecular weight excluding hydrogens is 252 g/mol. The smallest absolute Gasteiger partial charge is 0.175 e. The van der Waals surface area contributed by atoms with E-state index in [2.05, 4.69) is 10.1 Å². The van der Waals surface area contributed by atoms with E-state index in [0.717, 1.165) is 23.5 Å². The van der Waals surface area contributed by atoms with Crippen molar-refractivity contribution in [2.75, 3.05) is 25.1 Å². The fraction of sp³-hybridized carbons (Fsp3) is 0.462. The zero-order valence-electron chi connectivity index (χ0n) is 10.8. The quantitative estimate of drug-likeness (QED) is 0.624. The second-order valence-corrected chi connectivity index (χ2v) is 4.85. The van der Waals surface area contributed by atoms with E-state index in [1.807, 2.05) is 39.1 Å². The SMILES string of the molecule is CC(C)ON=C(Cl)c1ccc2c(c1)N(C)CCO2. The van der Waals surface area contributed by atoms with Gasteiger partial charge in [-0.2, -0.15) is 0 Å². The van der Waals surface area contributed by atoms with Crippen LogP contribution in [0, 0.1) is 0 Å². The summed E-state index contributed by atoms with van der Waals surface area (Å²) in [5, 5.41) is 4.24. The van der Waals surface area contributed by atoms with Crippen LogP contribution in [0.3, 0.4) is 0 Å². The molecule has 0 spiro atoms. The molecule has 1 aliphatic heterocycles. The number of halogens is 1. The highest BCUT2D eigenvalue weighted by Crippen LogP contribution is 2.31. The van der Waals surface area contributed by atoms with Crippen molar-refractivity contribution in [3.8, 4) is 5.75 Å². The van der Waals surface area contributed by atoms with Crippen LogP contribution in [0.5, 0.6) is 5.75 Å². The van der Waals surface area contributed by atoms with Gasteiger partial charge in [-0.05, 0) is 32.0 Å². The van der Waals surface area contributed by atoms with Crippen LogP contribution in [0.25, 0.3) is 0 Å². The topological polar surface area (TPSA) is 34.1 Å². The molecule has 1 aromatic carbocycles. The Balaban J connectivity index is 2.25. The molecule has 5 heteroatoms. The third kappa shape index (κ3) is 2.88. The maximum Gasteiger partial charge on any atom is 0.175 e. The number of fused-ring (bicyclic) bond motifs is 1. The van der Waals surface area contributed by atoms with Gasteiger partial charge in [-0.15, -0.1) is 0 Å². The Morgan fingerprint density at radius 1 is 1.50 bits per heavy atom. The number of ether oxygens (including phenoxy) is 1. The van der Waals surface area contributed by atoms with Crippen molar-refractivity contribution in [3.05, 3.63) is 23.8 Å². The minimum absolute atomic E-state index is 0.0161. The molecule has 1 aromatic rings. The Morgan fingerprint density at radius 3 is 3.00 bits per heavy atom. The number of oxime groups is 1. The van der Waals surface area contributed by atoms with Crippen LogP contribution < -0.4 is 9.64 Å². The van der Waals surface area contributed by atoms with Gasteiger partial charge in [0, 0.05) is 12.6 Å². The van der Waals surface area contributed by atoms with E-state index >= 15 is 0 Å². The summed E-state index contributed by atoms with van der Waals surface area (Å²) in [5.74, 6) is 0.877. The van der Waals surface area contributed by atoms with Crippen LogP contribution in [-0.4, -0.2) is 31.5 Å². The number of rotatable bonds is 3. The molecule has 18 heavy (non-hydrogen) atoms. The van der Waals surface area contributed by atoms with Crippen molar-refractivity contribution < 1.29 is 9.57 Å². The van der Waals surface area contributed by atoms with Crippen molar-refractivity contribution in [2.24, 2.45) is 5.16 Å². The summed E-state index contributed by atoms with van der Waals surface area (Å²) < 4.78 is 5.57. The Labute approximate surface area is 112 Å². The molecule has 0 saturated carbocycles. The van der Waals surface area contributed by atoms with Crippen molar-refractivity contribution >= 4 is 22.5 Å². The molecule has 1 aliphatic rings. The van der Waals surface area contributed by atoms with Gasteiger partial charge >= 0.3 is 0 Å². The second kappa shape index (κ2) is 5.48. The van der Waals surface area contributed by atoms with Crippen molar-refractivity contribution in [3.63, 3.8) is 0 Å². The first-order chi connectivity index (χ1) is 8.58. The van der Waals surface area contributed by atoms with Crippen molar-refractivity contribution in [1.82, 2.24) is 0 Å². The number of nitrogens with zero attached hydrogens (tertiary/aromatic N) is 2. The van der Waals surface area contributed by atoms with Crippen LogP contribution >= 0.6 is 11.6 Å². The summed E-state index contributed by atoms with van der Waals surface area (Å²) in [7, 11) is 2.03. The molecule has 0 aromatic heterocycles. The van der Waals surface area contributed by atoms with Crippen LogP contribution in [0.15, 0.2) is 23.4 Å². The van der Waals surface area contributed by atoms with E-state index in [1.54, 1.807) is 0 Å². The van der Waals surface area contributed by atoms with Crippen LogP contribution in [0.1, 0.15) is 19.4 Å². The summed E-state index contributed by atoms with van der Waals surface area (Å²) in [4.78, 5) is 7.27. The van der Waals surface area contributed by atoms with E-state index in [4.69, 9.17) is 21.2 Å². The van der Waals surface area contributed by atoms with E-state index < -0.39 is 0 Å². The molecule has 0 bridgehead atoms. The number of hydrogen-bond donors (Lipinski definition) is 0. The van der Waals surface area contributed by atoms with Gasteiger partial charge in [0.25, 0.3) is 0 Å². The van der Waals surface area contributed by atoms with E-state index in [9.17, 15) is 0 Å². The normalized spacial score (nSPS) is 15.4. The lowest BCUT2D eigenvalue weighted by Gasteiger charge is -2.27. The average Bonchev–Trinajstić information content (AvgIpc) is 2.36. The molecule has 0 saturated heterocycles. The Hall–Kier alpha value is -1.42. The lowest BCUT2D eigenvalue weighted by Crippen LogP contribution is -2.28.